The molecule has 3 aromatic heterocycles. The summed E-state index contributed by atoms with van der Waals surface area (Å²) in [5.41, 5.74) is 1.53. The van der Waals surface area contributed by atoms with Gasteiger partial charge in [-0.3, -0.25) is 4.68 Å². The number of hydrogen-bond donors (Lipinski definition) is 0. The molecule has 27 heavy (non-hydrogen) atoms. The van der Waals surface area contributed by atoms with Crippen LogP contribution in [-0.2, 0) is 17.9 Å². The first-order valence-electron chi connectivity index (χ1n) is 8.35. The van der Waals surface area contributed by atoms with E-state index >= 15 is 0 Å². The molecule has 0 saturated carbocycles. The standard InChI is InChI=1S/C20H16N2O5/c1-13-3-5-16-14(10-19(23)27-18(16)9-13)12-25-20(24)17-6-4-15(26-17)11-22-8-2-7-21-22/h2-10H,11-12H2,1H3. The van der Waals surface area contributed by atoms with Gasteiger partial charge in [-0.1, -0.05) is 12.1 Å². The lowest BCUT2D eigenvalue weighted by molar-refractivity contribution is 0.0435. The van der Waals surface area contributed by atoms with E-state index in [9.17, 15) is 9.59 Å². The van der Waals surface area contributed by atoms with E-state index in [1.807, 2.05) is 19.1 Å². The quantitative estimate of drug-likeness (QED) is 0.399. The molecule has 3 heterocycles. The zero-order chi connectivity index (χ0) is 18.8. The summed E-state index contributed by atoms with van der Waals surface area (Å²) in [6.45, 7) is 2.27. The van der Waals surface area contributed by atoms with E-state index in [1.54, 1.807) is 41.3 Å². The van der Waals surface area contributed by atoms with Crippen molar-refractivity contribution >= 4 is 16.9 Å². The topological polar surface area (TPSA) is 87.5 Å². The maximum Gasteiger partial charge on any atom is 0.374 e. The lowest BCUT2D eigenvalue weighted by atomic mass is 10.1. The van der Waals surface area contributed by atoms with Crippen LogP contribution in [0.4, 0.5) is 0 Å². The van der Waals surface area contributed by atoms with Crippen LogP contribution in [0.1, 0.15) is 27.4 Å². The molecule has 0 atom stereocenters. The Morgan fingerprint density at radius 2 is 2.07 bits per heavy atom. The fourth-order valence-corrected chi connectivity index (χ4v) is 2.80. The summed E-state index contributed by atoms with van der Waals surface area (Å²) in [6.07, 6.45) is 3.47. The number of nitrogens with zero attached hydrogens (tertiary/aromatic N) is 2. The molecule has 0 radical (unpaired) electrons. The third kappa shape index (κ3) is 3.67. The Kier molecular flexibility index (Phi) is 4.33. The molecule has 0 amide bonds. The number of hydrogen-bond acceptors (Lipinski definition) is 6. The normalized spacial score (nSPS) is 11.0. The molecule has 0 aliphatic carbocycles. The molecule has 0 aliphatic rings. The Morgan fingerprint density at radius 1 is 1.19 bits per heavy atom. The van der Waals surface area contributed by atoms with Gasteiger partial charge in [-0.25, -0.2) is 9.59 Å². The molecule has 7 nitrogen and oxygen atoms in total. The van der Waals surface area contributed by atoms with Crippen molar-refractivity contribution in [3.63, 3.8) is 0 Å². The number of carbonyl (C=O) groups excluding carboxylic acids is 1. The average molecular weight is 364 g/mol. The second-order valence-electron chi connectivity index (χ2n) is 6.14. The maximum absolute atomic E-state index is 12.3. The summed E-state index contributed by atoms with van der Waals surface area (Å²) in [6, 6.07) is 11.9. The highest BCUT2D eigenvalue weighted by Gasteiger charge is 2.15. The van der Waals surface area contributed by atoms with E-state index in [2.05, 4.69) is 5.10 Å². The molecule has 0 unspecified atom stereocenters. The molecule has 0 bridgehead atoms. The van der Waals surface area contributed by atoms with E-state index in [4.69, 9.17) is 13.6 Å². The highest BCUT2D eigenvalue weighted by Crippen LogP contribution is 2.20. The number of fused-ring (bicyclic) bond motifs is 1. The minimum atomic E-state index is -0.602. The largest absolute Gasteiger partial charge is 0.455 e. The van der Waals surface area contributed by atoms with E-state index in [1.165, 1.54) is 6.07 Å². The van der Waals surface area contributed by atoms with Crippen LogP contribution in [-0.4, -0.2) is 15.7 Å². The van der Waals surface area contributed by atoms with Crippen molar-refractivity contribution in [2.45, 2.75) is 20.1 Å². The van der Waals surface area contributed by atoms with Crippen LogP contribution < -0.4 is 5.63 Å². The van der Waals surface area contributed by atoms with E-state index < -0.39 is 11.6 Å². The molecular formula is C20H16N2O5. The smallest absolute Gasteiger partial charge is 0.374 e. The minimum absolute atomic E-state index is 0.0564. The Labute approximate surface area is 153 Å². The second kappa shape index (κ2) is 6.95. The van der Waals surface area contributed by atoms with Crippen LogP contribution in [0.25, 0.3) is 11.0 Å². The van der Waals surface area contributed by atoms with Gasteiger partial charge in [0.05, 0.1) is 6.54 Å². The number of rotatable bonds is 5. The number of aromatic nitrogens is 2. The van der Waals surface area contributed by atoms with Crippen molar-refractivity contribution in [3.8, 4) is 0 Å². The second-order valence-corrected chi connectivity index (χ2v) is 6.14. The van der Waals surface area contributed by atoms with Gasteiger partial charge in [-0.15, -0.1) is 0 Å². The Bertz CT molecular complexity index is 1150. The van der Waals surface area contributed by atoms with Gasteiger partial charge in [0.1, 0.15) is 18.0 Å². The molecule has 136 valence electrons. The SMILES string of the molecule is Cc1ccc2c(COC(=O)c3ccc(Cn4cccn4)o3)cc(=O)oc2c1. The predicted octanol–water partition coefficient (Wildman–Crippen LogP) is 3.30. The molecule has 0 aliphatic heterocycles. The van der Waals surface area contributed by atoms with Gasteiger partial charge in [0, 0.05) is 29.4 Å². The third-order valence-corrected chi connectivity index (χ3v) is 4.08. The lowest BCUT2D eigenvalue weighted by Crippen LogP contribution is -2.07. The highest BCUT2D eigenvalue weighted by atomic mass is 16.5. The average Bonchev–Trinajstić information content (AvgIpc) is 3.31. The van der Waals surface area contributed by atoms with Gasteiger partial charge >= 0.3 is 11.6 Å². The number of furan rings is 1. The van der Waals surface area contributed by atoms with Crippen LogP contribution in [0.2, 0.25) is 0 Å². The molecule has 4 aromatic rings. The van der Waals surface area contributed by atoms with Gasteiger partial charge in [0.25, 0.3) is 0 Å². The maximum atomic E-state index is 12.3. The number of ether oxygens (including phenoxy) is 1. The highest BCUT2D eigenvalue weighted by molar-refractivity contribution is 5.87. The Morgan fingerprint density at radius 3 is 2.89 bits per heavy atom. The summed E-state index contributed by atoms with van der Waals surface area (Å²) < 4.78 is 17.7. The van der Waals surface area contributed by atoms with Gasteiger partial charge in [-0.2, -0.15) is 5.10 Å². The van der Waals surface area contributed by atoms with E-state index in [0.717, 1.165) is 10.9 Å². The van der Waals surface area contributed by atoms with Gasteiger partial charge in [-0.05, 0) is 36.8 Å². The number of benzene rings is 1. The summed E-state index contributed by atoms with van der Waals surface area (Å²) in [4.78, 5) is 24.0. The molecule has 0 saturated heterocycles. The van der Waals surface area contributed by atoms with Crippen molar-refractivity contribution in [2.75, 3.05) is 0 Å². The third-order valence-electron chi connectivity index (χ3n) is 4.08. The van der Waals surface area contributed by atoms with Gasteiger partial charge in [0.15, 0.2) is 0 Å². The molecule has 1 aromatic carbocycles. The number of aryl methyl sites for hydroxylation is 1. The van der Waals surface area contributed by atoms with Gasteiger partial charge < -0.3 is 13.6 Å². The Hall–Kier alpha value is -3.61. The fourth-order valence-electron chi connectivity index (χ4n) is 2.80. The minimum Gasteiger partial charge on any atom is -0.455 e. The molecular weight excluding hydrogens is 348 g/mol. The first-order chi connectivity index (χ1) is 13.1. The van der Waals surface area contributed by atoms with E-state index in [-0.39, 0.29) is 12.4 Å². The zero-order valence-electron chi connectivity index (χ0n) is 14.5. The number of carbonyl (C=O) groups is 1. The molecule has 7 heteroatoms. The number of esters is 1. The predicted molar refractivity (Wildman–Crippen MR) is 96.4 cm³/mol. The molecule has 0 fully saturated rings. The van der Waals surface area contributed by atoms with Crippen LogP contribution in [0.3, 0.4) is 0 Å². The lowest BCUT2D eigenvalue weighted by Gasteiger charge is -2.06. The van der Waals surface area contributed by atoms with Crippen molar-refractivity contribution in [1.29, 1.82) is 0 Å². The first-order valence-corrected chi connectivity index (χ1v) is 8.35. The fraction of sp³-hybridized carbons (Fsp3) is 0.150. The molecule has 4 rings (SSSR count). The van der Waals surface area contributed by atoms with Crippen molar-refractivity contribution < 1.29 is 18.4 Å². The Balaban J connectivity index is 1.49. The summed E-state index contributed by atoms with van der Waals surface area (Å²) in [7, 11) is 0. The van der Waals surface area contributed by atoms with Gasteiger partial charge in [0.2, 0.25) is 5.76 Å². The molecule has 0 N–H and O–H groups in total. The van der Waals surface area contributed by atoms with Crippen molar-refractivity contribution in [3.05, 3.63) is 87.9 Å². The zero-order valence-corrected chi connectivity index (χ0v) is 14.5. The van der Waals surface area contributed by atoms with Crippen LogP contribution >= 0.6 is 0 Å². The first kappa shape index (κ1) is 16.8. The van der Waals surface area contributed by atoms with Crippen molar-refractivity contribution in [1.82, 2.24) is 9.78 Å². The molecule has 0 spiro atoms. The summed E-state index contributed by atoms with van der Waals surface area (Å²) >= 11 is 0. The van der Waals surface area contributed by atoms with Crippen molar-refractivity contribution in [2.24, 2.45) is 0 Å². The van der Waals surface area contributed by atoms with E-state index in [0.29, 0.717) is 23.5 Å². The monoisotopic (exact) mass is 364 g/mol. The van der Waals surface area contributed by atoms with Crippen LogP contribution in [0.5, 0.6) is 0 Å². The van der Waals surface area contributed by atoms with Crippen LogP contribution in [0.15, 0.2) is 68.5 Å². The summed E-state index contributed by atoms with van der Waals surface area (Å²) in [5.74, 6) is 0.0856. The summed E-state index contributed by atoms with van der Waals surface area (Å²) in [5, 5.41) is 4.82. The van der Waals surface area contributed by atoms with Crippen LogP contribution in [0, 0.1) is 6.92 Å².